The van der Waals surface area contributed by atoms with Gasteiger partial charge < -0.3 is 5.73 Å². The van der Waals surface area contributed by atoms with Crippen molar-refractivity contribution in [2.75, 3.05) is 0 Å². The van der Waals surface area contributed by atoms with Gasteiger partial charge in [-0.2, -0.15) is 0 Å². The average Bonchev–Trinajstić information content (AvgIpc) is 2.76. The van der Waals surface area contributed by atoms with Gasteiger partial charge in [-0.15, -0.1) is 0 Å². The van der Waals surface area contributed by atoms with E-state index in [1.54, 1.807) is 0 Å². The third kappa shape index (κ3) is 2.10. The van der Waals surface area contributed by atoms with Gasteiger partial charge in [-0.25, -0.2) is 0 Å². The Kier molecular flexibility index (Phi) is 3.69. The highest BCUT2D eigenvalue weighted by Gasteiger charge is 2.59. The van der Waals surface area contributed by atoms with Crippen LogP contribution in [0.2, 0.25) is 0 Å². The highest BCUT2D eigenvalue weighted by atomic mass is 127. The summed E-state index contributed by atoms with van der Waals surface area (Å²) in [5.41, 5.74) is 7.58. The van der Waals surface area contributed by atoms with Gasteiger partial charge in [0.2, 0.25) is 0 Å². The number of alkyl halides is 1. The summed E-state index contributed by atoms with van der Waals surface area (Å²) in [6, 6.07) is 0.499. The largest absolute Gasteiger partial charge is 0.328 e. The fraction of sp³-hybridized carbons (Fsp3) is 1.00. The van der Waals surface area contributed by atoms with Crippen LogP contribution in [0, 0.1) is 34.5 Å². The van der Waals surface area contributed by atoms with Crippen molar-refractivity contribution >= 4 is 22.6 Å². The summed E-state index contributed by atoms with van der Waals surface area (Å²) in [5, 5.41) is 0. The fourth-order valence-corrected chi connectivity index (χ4v) is 8.36. The van der Waals surface area contributed by atoms with Gasteiger partial charge in [0.15, 0.2) is 0 Å². The molecule has 120 valence electrons. The lowest BCUT2D eigenvalue weighted by atomic mass is 9.45. The maximum Gasteiger partial charge on any atom is 0.0166 e. The van der Waals surface area contributed by atoms with Crippen LogP contribution in [0.1, 0.15) is 71.6 Å². The molecule has 4 saturated carbocycles. The summed E-state index contributed by atoms with van der Waals surface area (Å²) in [4.78, 5) is 0. The molecule has 4 rings (SSSR count). The summed E-state index contributed by atoms with van der Waals surface area (Å²) in [5.74, 6) is 4.03. The van der Waals surface area contributed by atoms with Gasteiger partial charge in [0, 0.05) is 9.97 Å². The number of hydrogen-bond acceptors (Lipinski definition) is 1. The fourth-order valence-electron chi connectivity index (χ4n) is 7.23. The first-order valence-corrected chi connectivity index (χ1v) is 10.6. The molecule has 4 fully saturated rings. The molecule has 1 nitrogen and oxygen atoms in total. The maximum atomic E-state index is 6.29. The van der Waals surface area contributed by atoms with Crippen molar-refractivity contribution in [2.45, 2.75) is 81.6 Å². The van der Waals surface area contributed by atoms with Crippen molar-refractivity contribution < 1.29 is 0 Å². The summed E-state index contributed by atoms with van der Waals surface area (Å²) < 4.78 is 0.936. The second-order valence-electron chi connectivity index (χ2n) is 9.28. The van der Waals surface area contributed by atoms with Crippen LogP contribution in [0.3, 0.4) is 0 Å². The Labute approximate surface area is 144 Å². The molecule has 4 aliphatic rings. The number of hydrogen-bond donors (Lipinski definition) is 1. The molecule has 0 heterocycles. The number of halogens is 1. The van der Waals surface area contributed by atoms with E-state index in [0.717, 1.165) is 27.6 Å². The predicted octanol–water partition coefficient (Wildman–Crippen LogP) is 5.16. The molecule has 0 radical (unpaired) electrons. The summed E-state index contributed by atoms with van der Waals surface area (Å²) in [7, 11) is 0. The van der Waals surface area contributed by atoms with Crippen LogP contribution in [0.4, 0.5) is 0 Å². The Morgan fingerprint density at radius 3 is 2.38 bits per heavy atom. The molecule has 21 heavy (non-hydrogen) atoms. The van der Waals surface area contributed by atoms with Crippen molar-refractivity contribution in [2.24, 2.45) is 40.2 Å². The Morgan fingerprint density at radius 1 is 0.857 bits per heavy atom. The lowest BCUT2D eigenvalue weighted by Crippen LogP contribution is -2.54. The standard InChI is InChI=1S/C19H32IN/c1-18-9-7-13(21)11-12(18)3-4-14-15-5-6-17(20)19(15,2)10-8-16(14)18/h12-17H,3-11,21H2,1-2H3/t12?,13-,14-,15?,16?,17-,18-,19-/m1/s1. The first kappa shape index (κ1) is 15.2. The van der Waals surface area contributed by atoms with E-state index in [0.29, 0.717) is 16.9 Å². The van der Waals surface area contributed by atoms with Gasteiger partial charge in [0.1, 0.15) is 0 Å². The third-order valence-corrected chi connectivity index (χ3v) is 10.6. The molecule has 0 saturated heterocycles. The molecule has 2 N–H and O–H groups in total. The van der Waals surface area contributed by atoms with Crippen LogP contribution in [0.5, 0.6) is 0 Å². The Morgan fingerprint density at radius 2 is 1.57 bits per heavy atom. The van der Waals surface area contributed by atoms with Crippen molar-refractivity contribution in [1.29, 1.82) is 0 Å². The minimum Gasteiger partial charge on any atom is -0.328 e. The SMILES string of the molecule is C[C@@]12CC[C@@H](N)CC1CC[C@H]1C2CC[C@]2(C)C1CC[C@H]2I. The van der Waals surface area contributed by atoms with Gasteiger partial charge in [-0.1, -0.05) is 36.4 Å². The summed E-state index contributed by atoms with van der Waals surface area (Å²) in [6.45, 7) is 5.28. The van der Waals surface area contributed by atoms with Gasteiger partial charge in [0.05, 0.1) is 0 Å². The molecule has 0 spiro atoms. The van der Waals surface area contributed by atoms with Crippen molar-refractivity contribution in [3.8, 4) is 0 Å². The van der Waals surface area contributed by atoms with Gasteiger partial charge in [-0.3, -0.25) is 0 Å². The first-order chi connectivity index (χ1) is 9.95. The molecule has 3 unspecified atom stereocenters. The Hall–Kier alpha value is 0.690. The van der Waals surface area contributed by atoms with Gasteiger partial charge in [0.25, 0.3) is 0 Å². The minimum atomic E-state index is 0.499. The molecule has 0 aromatic rings. The van der Waals surface area contributed by atoms with Crippen LogP contribution in [0.15, 0.2) is 0 Å². The molecular weight excluding hydrogens is 369 g/mol. The molecule has 0 aromatic heterocycles. The zero-order valence-corrected chi connectivity index (χ0v) is 15.9. The van der Waals surface area contributed by atoms with E-state index in [-0.39, 0.29) is 0 Å². The van der Waals surface area contributed by atoms with Crippen LogP contribution in [0.25, 0.3) is 0 Å². The molecule has 0 bridgehead atoms. The first-order valence-electron chi connectivity index (χ1n) is 9.35. The Balaban J connectivity index is 1.62. The average molecular weight is 401 g/mol. The van der Waals surface area contributed by atoms with Crippen LogP contribution in [-0.2, 0) is 0 Å². The van der Waals surface area contributed by atoms with Crippen molar-refractivity contribution in [1.82, 2.24) is 0 Å². The van der Waals surface area contributed by atoms with Crippen molar-refractivity contribution in [3.63, 3.8) is 0 Å². The topological polar surface area (TPSA) is 26.0 Å². The molecular formula is C19H32IN. The smallest absolute Gasteiger partial charge is 0.0166 e. The van der Waals surface area contributed by atoms with Gasteiger partial charge >= 0.3 is 0 Å². The minimum absolute atomic E-state index is 0.499. The summed E-state index contributed by atoms with van der Waals surface area (Å²) >= 11 is 2.77. The normalized spacial score (nSPS) is 60.0. The lowest BCUT2D eigenvalue weighted by molar-refractivity contribution is -0.104. The highest BCUT2D eigenvalue weighted by Crippen LogP contribution is 2.67. The second-order valence-corrected chi connectivity index (χ2v) is 10.8. The van der Waals surface area contributed by atoms with Crippen LogP contribution < -0.4 is 5.73 Å². The van der Waals surface area contributed by atoms with E-state index >= 15 is 0 Å². The Bertz CT molecular complexity index is 424. The number of nitrogens with two attached hydrogens (primary N) is 1. The number of rotatable bonds is 0. The monoisotopic (exact) mass is 401 g/mol. The molecule has 0 amide bonds. The number of fused-ring (bicyclic) bond motifs is 5. The van der Waals surface area contributed by atoms with E-state index in [1.165, 1.54) is 57.8 Å². The van der Waals surface area contributed by atoms with Gasteiger partial charge in [-0.05, 0) is 92.3 Å². The van der Waals surface area contributed by atoms with Crippen LogP contribution in [-0.4, -0.2) is 9.97 Å². The predicted molar refractivity (Wildman–Crippen MR) is 97.5 cm³/mol. The van der Waals surface area contributed by atoms with E-state index < -0.39 is 0 Å². The molecule has 0 aliphatic heterocycles. The van der Waals surface area contributed by atoms with E-state index in [2.05, 4.69) is 36.4 Å². The van der Waals surface area contributed by atoms with E-state index in [4.69, 9.17) is 5.73 Å². The quantitative estimate of drug-likeness (QED) is 0.440. The molecule has 0 aromatic carbocycles. The second kappa shape index (κ2) is 5.09. The maximum absolute atomic E-state index is 6.29. The van der Waals surface area contributed by atoms with E-state index in [9.17, 15) is 0 Å². The molecule has 2 heteroatoms. The molecule has 4 aliphatic carbocycles. The summed E-state index contributed by atoms with van der Waals surface area (Å²) in [6.07, 6.45) is 13.0. The van der Waals surface area contributed by atoms with E-state index in [1.807, 2.05) is 0 Å². The lowest BCUT2D eigenvalue weighted by Gasteiger charge is -2.60. The van der Waals surface area contributed by atoms with Crippen LogP contribution >= 0.6 is 22.6 Å². The third-order valence-electron chi connectivity index (χ3n) is 8.59. The zero-order chi connectivity index (χ0) is 14.8. The zero-order valence-electron chi connectivity index (χ0n) is 13.8. The molecule has 8 atom stereocenters. The highest BCUT2D eigenvalue weighted by molar-refractivity contribution is 14.1. The van der Waals surface area contributed by atoms with Crippen molar-refractivity contribution in [3.05, 3.63) is 0 Å².